The van der Waals surface area contributed by atoms with Crippen LogP contribution >= 0.6 is 11.6 Å². The molecule has 1 amide bonds. The third-order valence-corrected chi connectivity index (χ3v) is 7.89. The van der Waals surface area contributed by atoms with Crippen molar-refractivity contribution in [2.24, 2.45) is 0 Å². The number of hydrogen-bond acceptors (Lipinski definition) is 5. The number of amides is 1. The average Bonchev–Trinajstić information content (AvgIpc) is 3.07. The van der Waals surface area contributed by atoms with E-state index in [1.807, 2.05) is 13.0 Å². The molecule has 2 heterocycles. The number of fused-ring (bicyclic) bond motifs is 1. The number of carbonyl (C=O) groups excluding carboxylic acids is 1. The standard InChI is InChI=1S/C23H25ClN2O5S/c1-13-12-17-15(3)20(23(27)26-8-10-30-11-9-26)31-21(17)22(14(13)2)32(28,29)25-19-7-5-6-18(24)16(19)4/h5-7,12,25H,8-11H2,1-4H3. The first kappa shape index (κ1) is 22.6. The number of furan rings is 1. The lowest BCUT2D eigenvalue weighted by Crippen LogP contribution is -2.40. The Morgan fingerprint density at radius 1 is 1.06 bits per heavy atom. The van der Waals surface area contributed by atoms with Gasteiger partial charge >= 0.3 is 0 Å². The van der Waals surface area contributed by atoms with Crippen molar-refractivity contribution in [3.05, 3.63) is 57.3 Å². The van der Waals surface area contributed by atoms with Crippen molar-refractivity contribution in [2.75, 3.05) is 31.0 Å². The lowest BCUT2D eigenvalue weighted by molar-refractivity contribution is 0.0283. The predicted molar refractivity (Wildman–Crippen MR) is 124 cm³/mol. The zero-order valence-corrected chi connectivity index (χ0v) is 20.0. The fourth-order valence-corrected chi connectivity index (χ4v) is 5.64. The van der Waals surface area contributed by atoms with Gasteiger partial charge in [-0.1, -0.05) is 17.7 Å². The Hall–Kier alpha value is -2.55. The van der Waals surface area contributed by atoms with Crippen molar-refractivity contribution in [3.63, 3.8) is 0 Å². The number of aryl methyl sites for hydroxylation is 2. The van der Waals surface area contributed by atoms with Gasteiger partial charge in [-0.25, -0.2) is 8.42 Å². The smallest absolute Gasteiger partial charge is 0.290 e. The van der Waals surface area contributed by atoms with Crippen LogP contribution in [-0.2, 0) is 14.8 Å². The van der Waals surface area contributed by atoms with E-state index in [-0.39, 0.29) is 22.1 Å². The molecule has 4 rings (SSSR count). The molecule has 1 aromatic heterocycles. The molecule has 1 N–H and O–H groups in total. The van der Waals surface area contributed by atoms with Crippen LogP contribution in [0.3, 0.4) is 0 Å². The second kappa shape index (κ2) is 8.42. The number of benzene rings is 2. The van der Waals surface area contributed by atoms with Crippen LogP contribution in [0.5, 0.6) is 0 Å². The summed E-state index contributed by atoms with van der Waals surface area (Å²) >= 11 is 6.17. The molecule has 3 aromatic rings. The molecule has 0 atom stereocenters. The number of rotatable bonds is 4. The van der Waals surface area contributed by atoms with Gasteiger partial charge in [-0.3, -0.25) is 9.52 Å². The molecule has 0 radical (unpaired) electrons. The highest BCUT2D eigenvalue weighted by atomic mass is 35.5. The van der Waals surface area contributed by atoms with E-state index in [4.69, 9.17) is 20.8 Å². The Kier molecular flexibility index (Phi) is 5.96. The van der Waals surface area contributed by atoms with E-state index in [0.29, 0.717) is 59.1 Å². The molecule has 9 heteroatoms. The summed E-state index contributed by atoms with van der Waals surface area (Å²) in [5, 5.41) is 1.07. The molecule has 170 valence electrons. The van der Waals surface area contributed by atoms with Crippen molar-refractivity contribution < 1.29 is 22.4 Å². The Bertz CT molecular complexity index is 1320. The Morgan fingerprint density at radius 2 is 1.75 bits per heavy atom. The van der Waals surface area contributed by atoms with Crippen LogP contribution < -0.4 is 4.72 Å². The molecular formula is C23H25ClN2O5S. The molecule has 0 aliphatic carbocycles. The summed E-state index contributed by atoms with van der Waals surface area (Å²) in [6.07, 6.45) is 0. The van der Waals surface area contributed by atoms with Crippen LogP contribution in [0.1, 0.15) is 32.8 Å². The van der Waals surface area contributed by atoms with Gasteiger partial charge in [0.05, 0.1) is 18.9 Å². The zero-order chi connectivity index (χ0) is 23.2. The fourth-order valence-electron chi connectivity index (χ4n) is 3.89. The number of morpholine rings is 1. The number of ether oxygens (including phenoxy) is 1. The van der Waals surface area contributed by atoms with Crippen LogP contribution in [0.15, 0.2) is 33.6 Å². The first-order valence-corrected chi connectivity index (χ1v) is 12.2. The van der Waals surface area contributed by atoms with Gasteiger partial charge in [0.15, 0.2) is 11.3 Å². The SMILES string of the molecule is Cc1cc2c(C)c(C(=O)N3CCOCC3)oc2c(S(=O)(=O)Nc2cccc(Cl)c2C)c1C. The van der Waals surface area contributed by atoms with Gasteiger partial charge in [-0.15, -0.1) is 0 Å². The Balaban J connectivity index is 1.86. The fraction of sp³-hybridized carbons (Fsp3) is 0.348. The van der Waals surface area contributed by atoms with Gasteiger partial charge < -0.3 is 14.1 Å². The summed E-state index contributed by atoms with van der Waals surface area (Å²) in [6.45, 7) is 8.96. The number of nitrogens with one attached hydrogen (secondary N) is 1. The summed E-state index contributed by atoms with van der Waals surface area (Å²) < 4.78 is 41.0. The summed E-state index contributed by atoms with van der Waals surface area (Å²) in [6, 6.07) is 6.90. The van der Waals surface area contributed by atoms with Crippen molar-refractivity contribution in [1.29, 1.82) is 0 Å². The van der Waals surface area contributed by atoms with Crippen molar-refractivity contribution in [3.8, 4) is 0 Å². The Labute approximate surface area is 192 Å². The van der Waals surface area contributed by atoms with Gasteiger partial charge in [0, 0.05) is 29.1 Å². The normalized spacial score (nSPS) is 14.7. The molecule has 0 spiro atoms. The van der Waals surface area contributed by atoms with Gasteiger partial charge in [-0.2, -0.15) is 0 Å². The maximum atomic E-state index is 13.5. The third kappa shape index (κ3) is 3.87. The van der Waals surface area contributed by atoms with Crippen LogP contribution in [0.4, 0.5) is 5.69 Å². The van der Waals surface area contributed by atoms with Crippen LogP contribution in [0.25, 0.3) is 11.0 Å². The minimum absolute atomic E-state index is 0.0241. The third-order valence-electron chi connectivity index (χ3n) is 5.97. The molecule has 0 saturated carbocycles. The van der Waals surface area contributed by atoms with Crippen LogP contribution in [0.2, 0.25) is 5.02 Å². The summed E-state index contributed by atoms with van der Waals surface area (Å²) in [7, 11) is -4.03. The number of hydrogen-bond donors (Lipinski definition) is 1. The van der Waals surface area contributed by atoms with Crippen LogP contribution in [-0.4, -0.2) is 45.5 Å². The van der Waals surface area contributed by atoms with E-state index in [1.54, 1.807) is 43.9 Å². The molecule has 1 aliphatic rings. The number of sulfonamides is 1. The molecule has 1 fully saturated rings. The van der Waals surface area contributed by atoms with Gasteiger partial charge in [-0.05, 0) is 62.6 Å². The van der Waals surface area contributed by atoms with E-state index < -0.39 is 10.0 Å². The zero-order valence-electron chi connectivity index (χ0n) is 18.4. The van der Waals surface area contributed by atoms with E-state index in [0.717, 1.165) is 5.56 Å². The number of nitrogens with zero attached hydrogens (tertiary/aromatic N) is 1. The highest BCUT2D eigenvalue weighted by molar-refractivity contribution is 7.93. The molecule has 7 nitrogen and oxygen atoms in total. The second-order valence-corrected chi connectivity index (χ2v) is 10.0. The first-order valence-electron chi connectivity index (χ1n) is 10.3. The molecule has 2 aromatic carbocycles. The van der Waals surface area contributed by atoms with E-state index in [1.165, 1.54) is 0 Å². The summed E-state index contributed by atoms with van der Waals surface area (Å²) in [4.78, 5) is 14.8. The largest absolute Gasteiger partial charge is 0.449 e. The van der Waals surface area contributed by atoms with Gasteiger partial charge in [0.1, 0.15) is 4.90 Å². The predicted octanol–water partition coefficient (Wildman–Crippen LogP) is 4.59. The maximum absolute atomic E-state index is 13.5. The topological polar surface area (TPSA) is 88.9 Å². The lowest BCUT2D eigenvalue weighted by atomic mass is 10.0. The molecule has 0 unspecified atom stereocenters. The average molecular weight is 477 g/mol. The van der Waals surface area contributed by atoms with E-state index in [2.05, 4.69) is 4.72 Å². The van der Waals surface area contributed by atoms with Gasteiger partial charge in [0.25, 0.3) is 15.9 Å². The summed E-state index contributed by atoms with van der Waals surface area (Å²) in [5.74, 6) is -0.110. The van der Waals surface area contributed by atoms with Crippen molar-refractivity contribution in [2.45, 2.75) is 32.6 Å². The minimum atomic E-state index is -4.03. The first-order chi connectivity index (χ1) is 15.1. The Morgan fingerprint density at radius 3 is 2.44 bits per heavy atom. The minimum Gasteiger partial charge on any atom is -0.449 e. The van der Waals surface area contributed by atoms with E-state index in [9.17, 15) is 13.2 Å². The van der Waals surface area contributed by atoms with Crippen molar-refractivity contribution >= 4 is 44.2 Å². The van der Waals surface area contributed by atoms with Crippen molar-refractivity contribution in [1.82, 2.24) is 4.90 Å². The highest BCUT2D eigenvalue weighted by Crippen LogP contribution is 2.36. The summed E-state index contributed by atoms with van der Waals surface area (Å²) in [5.41, 5.74) is 3.15. The number of halogens is 1. The van der Waals surface area contributed by atoms with E-state index >= 15 is 0 Å². The van der Waals surface area contributed by atoms with Gasteiger partial charge in [0.2, 0.25) is 0 Å². The molecule has 0 bridgehead atoms. The lowest BCUT2D eigenvalue weighted by Gasteiger charge is -2.26. The molecule has 32 heavy (non-hydrogen) atoms. The molecule has 1 aliphatic heterocycles. The highest BCUT2D eigenvalue weighted by Gasteiger charge is 2.30. The monoisotopic (exact) mass is 476 g/mol. The maximum Gasteiger partial charge on any atom is 0.290 e. The number of carbonyl (C=O) groups is 1. The number of anilines is 1. The van der Waals surface area contributed by atoms with Crippen LogP contribution in [0, 0.1) is 27.7 Å². The molecule has 1 saturated heterocycles. The second-order valence-electron chi connectivity index (χ2n) is 8.00. The quantitative estimate of drug-likeness (QED) is 0.594. The molecular weight excluding hydrogens is 452 g/mol.